The van der Waals surface area contributed by atoms with Gasteiger partial charge >= 0.3 is 0 Å². The number of carbonyl (C=O) groups is 1. The van der Waals surface area contributed by atoms with E-state index < -0.39 is 0 Å². The molecule has 26 heavy (non-hydrogen) atoms. The lowest BCUT2D eigenvalue weighted by atomic mass is 10.0. The van der Waals surface area contributed by atoms with Crippen LogP contribution in [-0.4, -0.2) is 32.0 Å². The monoisotopic (exact) mass is 375 g/mol. The summed E-state index contributed by atoms with van der Waals surface area (Å²) in [5.74, 6) is 1.77. The molecule has 4 rings (SSSR count). The lowest BCUT2D eigenvalue weighted by Gasteiger charge is -2.26. The fourth-order valence-electron chi connectivity index (χ4n) is 3.16. The van der Waals surface area contributed by atoms with Crippen LogP contribution in [0, 0.1) is 5.82 Å². The summed E-state index contributed by atoms with van der Waals surface area (Å²) in [5.41, 5.74) is 1.24. The van der Waals surface area contributed by atoms with Crippen molar-refractivity contribution in [1.82, 2.24) is 5.32 Å². The standard InChI is InChI=1S/C19H18FNO4S/c1-23-15-8-11(9-16-18(15)25-6-5-24-16)19(22)21-14-4-7-26-17-3-2-12(20)10-13(14)17/h2-3,8-10,14H,4-7H2,1H3,(H,21,22). The van der Waals surface area contributed by atoms with Gasteiger partial charge in [-0.05, 0) is 42.3 Å². The first kappa shape index (κ1) is 17.0. The van der Waals surface area contributed by atoms with Crippen LogP contribution in [0.25, 0.3) is 0 Å². The summed E-state index contributed by atoms with van der Waals surface area (Å²) in [7, 11) is 1.52. The molecule has 2 heterocycles. The molecule has 0 bridgehead atoms. The zero-order valence-corrected chi connectivity index (χ0v) is 15.0. The molecule has 5 nitrogen and oxygen atoms in total. The first-order chi connectivity index (χ1) is 12.7. The minimum Gasteiger partial charge on any atom is -0.493 e. The van der Waals surface area contributed by atoms with Crippen molar-refractivity contribution >= 4 is 17.7 Å². The Bertz CT molecular complexity index is 840. The number of nitrogens with one attached hydrogen (secondary N) is 1. The van der Waals surface area contributed by atoms with Crippen molar-refractivity contribution in [2.45, 2.75) is 17.4 Å². The van der Waals surface area contributed by atoms with Gasteiger partial charge in [-0.1, -0.05) is 0 Å². The number of fused-ring (bicyclic) bond motifs is 2. The minimum atomic E-state index is -0.300. The molecule has 136 valence electrons. The number of benzene rings is 2. The highest BCUT2D eigenvalue weighted by molar-refractivity contribution is 7.99. The first-order valence-electron chi connectivity index (χ1n) is 8.36. The molecule has 1 N–H and O–H groups in total. The number of hydrogen-bond acceptors (Lipinski definition) is 5. The second-order valence-corrected chi connectivity index (χ2v) is 7.18. The molecule has 0 spiro atoms. The zero-order valence-electron chi connectivity index (χ0n) is 14.2. The zero-order chi connectivity index (χ0) is 18.1. The Kier molecular flexibility index (Phi) is 4.63. The number of methoxy groups -OCH3 is 1. The van der Waals surface area contributed by atoms with E-state index in [1.807, 2.05) is 0 Å². The van der Waals surface area contributed by atoms with Gasteiger partial charge in [0.2, 0.25) is 5.75 Å². The van der Waals surface area contributed by atoms with Crippen LogP contribution < -0.4 is 19.5 Å². The number of amides is 1. The molecule has 1 unspecified atom stereocenters. The lowest BCUT2D eigenvalue weighted by molar-refractivity contribution is 0.0933. The van der Waals surface area contributed by atoms with E-state index in [9.17, 15) is 9.18 Å². The van der Waals surface area contributed by atoms with Gasteiger partial charge in [-0.2, -0.15) is 0 Å². The van der Waals surface area contributed by atoms with E-state index in [0.717, 1.165) is 22.6 Å². The molecule has 0 aromatic heterocycles. The van der Waals surface area contributed by atoms with E-state index in [0.29, 0.717) is 36.0 Å². The van der Waals surface area contributed by atoms with Crippen molar-refractivity contribution in [1.29, 1.82) is 0 Å². The van der Waals surface area contributed by atoms with Crippen LogP contribution in [0.5, 0.6) is 17.2 Å². The Morgan fingerprint density at radius 3 is 2.96 bits per heavy atom. The van der Waals surface area contributed by atoms with Gasteiger partial charge in [0.05, 0.1) is 13.2 Å². The molecule has 0 fully saturated rings. The number of hydrogen-bond donors (Lipinski definition) is 1. The third kappa shape index (κ3) is 3.19. The van der Waals surface area contributed by atoms with Crippen LogP contribution in [0.2, 0.25) is 0 Å². The Labute approximate surface area is 154 Å². The van der Waals surface area contributed by atoms with Crippen molar-refractivity contribution < 1.29 is 23.4 Å². The number of halogens is 1. The largest absolute Gasteiger partial charge is 0.493 e. The second-order valence-electron chi connectivity index (χ2n) is 6.05. The minimum absolute atomic E-state index is 0.228. The van der Waals surface area contributed by atoms with Gasteiger partial charge in [0.25, 0.3) is 5.91 Å². The van der Waals surface area contributed by atoms with Crippen LogP contribution >= 0.6 is 11.8 Å². The van der Waals surface area contributed by atoms with Crippen molar-refractivity contribution in [3.05, 3.63) is 47.3 Å². The van der Waals surface area contributed by atoms with Crippen LogP contribution in [0.4, 0.5) is 4.39 Å². The number of carbonyl (C=O) groups excluding carboxylic acids is 1. The van der Waals surface area contributed by atoms with Crippen LogP contribution in [0.3, 0.4) is 0 Å². The van der Waals surface area contributed by atoms with Gasteiger partial charge in [0.15, 0.2) is 11.5 Å². The van der Waals surface area contributed by atoms with Gasteiger partial charge in [-0.3, -0.25) is 4.79 Å². The Hall–Kier alpha value is -2.41. The van der Waals surface area contributed by atoms with Gasteiger partial charge < -0.3 is 19.5 Å². The normalized spacial score (nSPS) is 18.0. The highest BCUT2D eigenvalue weighted by Crippen LogP contribution is 2.41. The molecule has 0 radical (unpaired) electrons. The summed E-state index contributed by atoms with van der Waals surface area (Å²) in [4.78, 5) is 13.8. The SMILES string of the molecule is COc1cc(C(=O)NC2CCSc3ccc(F)cc32)cc2c1OCCO2. The maximum atomic E-state index is 13.6. The Balaban J connectivity index is 1.61. The Morgan fingerprint density at radius 2 is 2.12 bits per heavy atom. The molecule has 0 aliphatic carbocycles. The van der Waals surface area contributed by atoms with Crippen LogP contribution in [-0.2, 0) is 0 Å². The molecule has 1 amide bonds. The maximum Gasteiger partial charge on any atom is 0.252 e. The van der Waals surface area contributed by atoms with E-state index in [4.69, 9.17) is 14.2 Å². The van der Waals surface area contributed by atoms with Gasteiger partial charge in [0, 0.05) is 16.2 Å². The summed E-state index contributed by atoms with van der Waals surface area (Å²) in [6.45, 7) is 0.866. The lowest BCUT2D eigenvalue weighted by Crippen LogP contribution is -2.31. The average molecular weight is 375 g/mol. The molecule has 2 aliphatic heterocycles. The third-order valence-corrected chi connectivity index (χ3v) is 5.53. The molecule has 0 saturated carbocycles. The van der Waals surface area contributed by atoms with Gasteiger partial charge in [-0.15, -0.1) is 11.8 Å². The maximum absolute atomic E-state index is 13.6. The molecule has 1 atom stereocenters. The number of ether oxygens (including phenoxy) is 3. The van der Waals surface area contributed by atoms with E-state index in [2.05, 4.69) is 5.32 Å². The molecular weight excluding hydrogens is 357 g/mol. The number of rotatable bonds is 3. The van der Waals surface area contributed by atoms with Crippen LogP contribution in [0.15, 0.2) is 35.2 Å². The van der Waals surface area contributed by atoms with Gasteiger partial charge in [0.1, 0.15) is 19.0 Å². The van der Waals surface area contributed by atoms with E-state index in [1.165, 1.54) is 19.2 Å². The van der Waals surface area contributed by atoms with Crippen molar-refractivity contribution in [2.75, 3.05) is 26.1 Å². The summed E-state index contributed by atoms with van der Waals surface area (Å²) < 4.78 is 30.1. The predicted octanol–water partition coefficient (Wildman–Crippen LogP) is 3.57. The van der Waals surface area contributed by atoms with E-state index in [-0.39, 0.29) is 17.8 Å². The smallest absolute Gasteiger partial charge is 0.252 e. The molecule has 0 saturated heterocycles. The quantitative estimate of drug-likeness (QED) is 0.889. The van der Waals surface area contributed by atoms with E-state index in [1.54, 1.807) is 30.0 Å². The first-order valence-corrected chi connectivity index (χ1v) is 9.35. The summed E-state index contributed by atoms with van der Waals surface area (Å²) >= 11 is 1.67. The average Bonchev–Trinajstić information content (AvgIpc) is 2.67. The fraction of sp³-hybridized carbons (Fsp3) is 0.316. The topological polar surface area (TPSA) is 56.8 Å². The number of thioether (sulfide) groups is 1. The van der Waals surface area contributed by atoms with Crippen molar-refractivity contribution in [3.8, 4) is 17.2 Å². The Morgan fingerprint density at radius 1 is 1.27 bits per heavy atom. The predicted molar refractivity (Wildman–Crippen MR) is 95.9 cm³/mol. The molecular formula is C19H18FNO4S. The highest BCUT2D eigenvalue weighted by Gasteiger charge is 2.25. The molecule has 2 aromatic rings. The molecule has 2 aromatic carbocycles. The summed E-state index contributed by atoms with van der Waals surface area (Å²) in [6, 6.07) is 7.76. The van der Waals surface area contributed by atoms with Crippen molar-refractivity contribution in [2.24, 2.45) is 0 Å². The highest BCUT2D eigenvalue weighted by atomic mass is 32.2. The fourth-order valence-corrected chi connectivity index (χ4v) is 4.27. The van der Waals surface area contributed by atoms with Crippen molar-refractivity contribution in [3.63, 3.8) is 0 Å². The third-order valence-electron chi connectivity index (χ3n) is 4.41. The summed E-state index contributed by atoms with van der Waals surface area (Å²) in [6.07, 6.45) is 0.745. The molecule has 7 heteroatoms. The van der Waals surface area contributed by atoms with Crippen LogP contribution in [0.1, 0.15) is 28.4 Å². The molecule has 2 aliphatic rings. The second kappa shape index (κ2) is 7.07. The summed E-state index contributed by atoms with van der Waals surface area (Å²) in [5, 5.41) is 3.01. The van der Waals surface area contributed by atoms with E-state index >= 15 is 0 Å². The van der Waals surface area contributed by atoms with Gasteiger partial charge in [-0.25, -0.2) is 4.39 Å².